The fourth-order valence-corrected chi connectivity index (χ4v) is 4.62. The Morgan fingerprint density at radius 3 is 2.24 bits per heavy atom. The van der Waals surface area contributed by atoms with E-state index in [-0.39, 0.29) is 30.3 Å². The van der Waals surface area contributed by atoms with Gasteiger partial charge >= 0.3 is 12.1 Å². The summed E-state index contributed by atoms with van der Waals surface area (Å²) in [6.45, 7) is 3.93. The van der Waals surface area contributed by atoms with E-state index in [0.717, 1.165) is 12.3 Å². The van der Waals surface area contributed by atoms with E-state index in [1.54, 1.807) is 0 Å². The molecule has 1 atom stereocenters. The van der Waals surface area contributed by atoms with Crippen LogP contribution in [0.4, 0.5) is 36.4 Å². The number of aromatic nitrogens is 1. The summed E-state index contributed by atoms with van der Waals surface area (Å²) < 4.78 is 98.3. The van der Waals surface area contributed by atoms with Gasteiger partial charge in [0.2, 0.25) is 5.78 Å². The number of rotatable bonds is 6. The normalized spacial score (nSPS) is 19.4. The lowest BCUT2D eigenvalue weighted by molar-refractivity contribution is -0.271. The van der Waals surface area contributed by atoms with Crippen molar-refractivity contribution in [1.82, 2.24) is 9.88 Å². The van der Waals surface area contributed by atoms with Crippen LogP contribution in [0, 0.1) is 17.0 Å². The zero-order valence-corrected chi connectivity index (χ0v) is 20.1. The van der Waals surface area contributed by atoms with Crippen LogP contribution in [-0.2, 0) is 4.79 Å². The van der Waals surface area contributed by atoms with E-state index in [4.69, 9.17) is 0 Å². The maximum absolute atomic E-state index is 15.8. The van der Waals surface area contributed by atoms with Gasteiger partial charge in [0.15, 0.2) is 17.0 Å². The number of anilines is 1. The Kier molecular flexibility index (Phi) is 6.45. The molecule has 1 saturated carbocycles. The molecule has 6 nitrogen and oxygen atoms in total. The Labute approximate surface area is 206 Å². The van der Waals surface area contributed by atoms with Crippen LogP contribution < -0.4 is 15.6 Å². The number of carbonyl (C=O) groups excluding carboxylic acids is 2. The minimum Gasteiger partial charge on any atom is -0.364 e. The van der Waals surface area contributed by atoms with Gasteiger partial charge in [-0.2, -0.15) is 22.0 Å². The van der Waals surface area contributed by atoms with Crippen LogP contribution in [0.1, 0.15) is 50.0 Å². The first-order chi connectivity index (χ1) is 17.0. The molecule has 0 spiro atoms. The van der Waals surface area contributed by atoms with Gasteiger partial charge in [0, 0.05) is 37.9 Å². The highest BCUT2D eigenvalue weighted by Crippen LogP contribution is 2.43. The van der Waals surface area contributed by atoms with Gasteiger partial charge in [-0.25, -0.2) is 8.78 Å². The molecule has 2 fully saturated rings. The van der Waals surface area contributed by atoms with Crippen LogP contribution in [0.15, 0.2) is 17.1 Å². The Balaban J connectivity index is 1.89. The lowest BCUT2D eigenvalue weighted by Gasteiger charge is -2.34. The number of halogens is 7. The molecule has 2 aliphatic rings. The Morgan fingerprint density at radius 2 is 1.70 bits per heavy atom. The van der Waals surface area contributed by atoms with Gasteiger partial charge in [-0.15, -0.1) is 0 Å². The van der Waals surface area contributed by atoms with E-state index in [9.17, 15) is 36.3 Å². The summed E-state index contributed by atoms with van der Waals surface area (Å²) in [7, 11) is 0. The van der Waals surface area contributed by atoms with Crippen molar-refractivity contribution in [3.8, 4) is 0 Å². The maximum atomic E-state index is 15.8. The molecular weight excluding hydrogens is 511 g/mol. The molecule has 1 aromatic heterocycles. The fraction of sp³-hybridized carbons (Fsp3) is 0.542. The number of hydrogen-bond acceptors (Lipinski definition) is 5. The number of pyridine rings is 1. The average molecular weight is 535 g/mol. The average Bonchev–Trinajstić information content (AvgIpc) is 3.63. The molecule has 2 aromatic rings. The van der Waals surface area contributed by atoms with Gasteiger partial charge in [-0.3, -0.25) is 14.4 Å². The number of nitrogens with one attached hydrogen (secondary N) is 1. The number of benzene rings is 1. The highest BCUT2D eigenvalue weighted by molar-refractivity contribution is 6.16. The third kappa shape index (κ3) is 4.40. The second kappa shape index (κ2) is 8.81. The van der Waals surface area contributed by atoms with Crippen LogP contribution in [0.2, 0.25) is 0 Å². The number of Topliss-reactive ketones (excluding diaryl/α,β-unsaturated/α-hetero) is 2. The number of nitrogens with zero attached hydrogens (tertiary/aromatic N) is 2. The molecule has 1 saturated heterocycles. The Bertz CT molecular complexity index is 1350. The summed E-state index contributed by atoms with van der Waals surface area (Å²) in [5.41, 5.74) is -5.82. The predicted octanol–water partition coefficient (Wildman–Crippen LogP) is 4.39. The molecule has 37 heavy (non-hydrogen) atoms. The maximum Gasteiger partial charge on any atom is 0.461 e. The fourth-order valence-electron chi connectivity index (χ4n) is 4.62. The monoisotopic (exact) mass is 535 g/mol. The van der Waals surface area contributed by atoms with Gasteiger partial charge in [-0.1, -0.05) is 0 Å². The lowest BCUT2D eigenvalue weighted by atomic mass is 9.78. The van der Waals surface area contributed by atoms with E-state index in [2.05, 4.69) is 5.32 Å². The quantitative estimate of drug-likeness (QED) is 0.338. The van der Waals surface area contributed by atoms with Crippen molar-refractivity contribution in [3.05, 3.63) is 39.7 Å². The number of fused-ring (bicyclic) bond motifs is 1. The van der Waals surface area contributed by atoms with Gasteiger partial charge in [0.1, 0.15) is 11.5 Å². The van der Waals surface area contributed by atoms with Gasteiger partial charge < -0.3 is 14.8 Å². The molecule has 0 amide bonds. The van der Waals surface area contributed by atoms with Crippen LogP contribution in [0.3, 0.4) is 0 Å². The molecule has 4 rings (SSSR count). The Hall–Kier alpha value is -2.96. The molecule has 13 heteroatoms. The number of carbonyl (C=O) groups is 2. The first kappa shape index (κ1) is 27.1. The first-order valence-corrected chi connectivity index (χ1v) is 11.6. The molecule has 2 heterocycles. The van der Waals surface area contributed by atoms with Crippen LogP contribution in [-0.4, -0.2) is 53.9 Å². The van der Waals surface area contributed by atoms with E-state index in [0.29, 0.717) is 33.2 Å². The molecule has 1 N–H and O–H groups in total. The van der Waals surface area contributed by atoms with Crippen molar-refractivity contribution in [1.29, 1.82) is 0 Å². The minimum absolute atomic E-state index is 0.0801. The number of alkyl halides is 5. The van der Waals surface area contributed by atoms with Crippen molar-refractivity contribution < 1.29 is 40.3 Å². The van der Waals surface area contributed by atoms with Crippen molar-refractivity contribution in [2.24, 2.45) is 5.41 Å². The number of piperazine rings is 1. The van der Waals surface area contributed by atoms with Crippen molar-refractivity contribution >= 4 is 28.2 Å². The zero-order chi connectivity index (χ0) is 27.7. The van der Waals surface area contributed by atoms with Crippen molar-refractivity contribution in [2.45, 2.75) is 57.8 Å². The number of hydrogen-bond donors (Lipinski definition) is 1. The third-order valence-corrected chi connectivity index (χ3v) is 6.83. The summed E-state index contributed by atoms with van der Waals surface area (Å²) in [4.78, 5) is 40.0. The molecule has 0 bridgehead atoms. The zero-order valence-electron chi connectivity index (χ0n) is 20.1. The SMILES string of the molecule is CC1CN(c2c(F)cc3c(=O)c(C(=O)C(C)(C)C(=O)C(F)(F)C(F)(F)F)cn(C4CC4)c3c2F)CCN1. The smallest absolute Gasteiger partial charge is 0.364 e. The lowest BCUT2D eigenvalue weighted by Crippen LogP contribution is -2.53. The summed E-state index contributed by atoms with van der Waals surface area (Å²) in [6, 6.07) is 0.237. The Morgan fingerprint density at radius 1 is 1.08 bits per heavy atom. The van der Waals surface area contributed by atoms with E-state index in [1.807, 2.05) is 6.92 Å². The molecular formula is C24H24F7N3O3. The van der Waals surface area contributed by atoms with E-state index >= 15 is 8.78 Å². The minimum atomic E-state index is -6.26. The second-order valence-corrected chi connectivity index (χ2v) is 10.1. The van der Waals surface area contributed by atoms with Crippen LogP contribution in [0.5, 0.6) is 0 Å². The van der Waals surface area contributed by atoms with Gasteiger partial charge in [0.25, 0.3) is 0 Å². The summed E-state index contributed by atoms with van der Waals surface area (Å²) in [6.07, 6.45) is -4.40. The summed E-state index contributed by atoms with van der Waals surface area (Å²) in [5.74, 6) is -12.3. The van der Waals surface area contributed by atoms with E-state index in [1.165, 1.54) is 9.47 Å². The highest BCUT2D eigenvalue weighted by atomic mass is 19.4. The second-order valence-electron chi connectivity index (χ2n) is 10.1. The molecule has 1 aromatic carbocycles. The third-order valence-electron chi connectivity index (χ3n) is 6.83. The van der Waals surface area contributed by atoms with Crippen LogP contribution in [0.25, 0.3) is 10.9 Å². The standard InChI is InChI=1S/C24H24F7N3O3/c1-11-9-33(7-6-32-11)18-15(25)8-13-17(16(18)26)34(12-4-5-12)10-14(19(13)35)20(36)22(2,3)21(37)23(27,28)24(29,30)31/h8,10-12,32H,4-7,9H2,1-3H3. The van der Waals surface area contributed by atoms with Crippen LogP contribution >= 0.6 is 0 Å². The summed E-state index contributed by atoms with van der Waals surface area (Å²) in [5, 5.41) is 2.56. The van der Waals surface area contributed by atoms with Gasteiger partial charge in [0.05, 0.1) is 21.9 Å². The summed E-state index contributed by atoms with van der Waals surface area (Å²) >= 11 is 0. The van der Waals surface area contributed by atoms with Gasteiger partial charge in [-0.05, 0) is 39.7 Å². The highest BCUT2D eigenvalue weighted by Gasteiger charge is 2.67. The van der Waals surface area contributed by atoms with E-state index < -0.39 is 63.1 Å². The molecule has 0 radical (unpaired) electrons. The van der Waals surface area contributed by atoms with Crippen molar-refractivity contribution in [2.75, 3.05) is 24.5 Å². The largest absolute Gasteiger partial charge is 0.461 e. The topological polar surface area (TPSA) is 71.4 Å². The molecule has 202 valence electrons. The van der Waals surface area contributed by atoms with Crippen molar-refractivity contribution in [3.63, 3.8) is 0 Å². The molecule has 1 aliphatic carbocycles. The number of ketones is 2. The molecule has 1 aliphatic heterocycles. The predicted molar refractivity (Wildman–Crippen MR) is 120 cm³/mol. The first-order valence-electron chi connectivity index (χ1n) is 11.6. The molecule has 1 unspecified atom stereocenters.